The molecule has 1 N–H and O–H groups in total. The summed E-state index contributed by atoms with van der Waals surface area (Å²) in [6, 6.07) is 12.8. The van der Waals surface area contributed by atoms with Crippen LogP contribution in [0.1, 0.15) is 54.5 Å². The smallest absolute Gasteiger partial charge is 0.224 e. The summed E-state index contributed by atoms with van der Waals surface area (Å²) in [5.41, 5.74) is 5.60. The molecule has 1 amide bonds. The number of imidazole rings is 1. The molecular formula is C22H25N3O. The van der Waals surface area contributed by atoms with Crippen LogP contribution in [0.2, 0.25) is 0 Å². The molecule has 1 aliphatic rings. The van der Waals surface area contributed by atoms with Crippen LogP contribution in [0.15, 0.2) is 48.8 Å². The molecule has 134 valence electrons. The number of carbonyl (C=O) groups is 1. The van der Waals surface area contributed by atoms with Crippen LogP contribution in [-0.4, -0.2) is 15.3 Å². The molecule has 4 rings (SSSR count). The van der Waals surface area contributed by atoms with Crippen LogP contribution in [-0.2, 0) is 11.3 Å². The van der Waals surface area contributed by atoms with Gasteiger partial charge < -0.3 is 9.72 Å². The monoisotopic (exact) mass is 347 g/mol. The van der Waals surface area contributed by atoms with Gasteiger partial charge in [0.25, 0.3) is 0 Å². The SMILES string of the molecule is Cc1cccn2cc(CNC(=O)[C@H]3C[C@H]3c3ccc(C(C)C)cc3)nc12. The van der Waals surface area contributed by atoms with Gasteiger partial charge in [0, 0.05) is 18.3 Å². The minimum Gasteiger partial charge on any atom is -0.350 e. The average Bonchev–Trinajstić information content (AvgIpc) is 3.32. The van der Waals surface area contributed by atoms with E-state index < -0.39 is 0 Å². The zero-order valence-corrected chi connectivity index (χ0v) is 15.6. The Balaban J connectivity index is 1.36. The van der Waals surface area contributed by atoms with E-state index in [1.54, 1.807) is 0 Å². The van der Waals surface area contributed by atoms with E-state index in [0.717, 1.165) is 23.3 Å². The predicted octanol–water partition coefficient (Wildman–Crippen LogP) is 4.19. The molecule has 1 aromatic carbocycles. The Kier molecular flexibility index (Phi) is 4.27. The summed E-state index contributed by atoms with van der Waals surface area (Å²) in [5, 5.41) is 3.06. The first-order valence-corrected chi connectivity index (χ1v) is 9.33. The summed E-state index contributed by atoms with van der Waals surface area (Å²) in [7, 11) is 0. The molecule has 0 unspecified atom stereocenters. The van der Waals surface area contributed by atoms with Gasteiger partial charge in [-0.05, 0) is 47.9 Å². The summed E-state index contributed by atoms with van der Waals surface area (Å²) in [5.74, 6) is 1.13. The van der Waals surface area contributed by atoms with Crippen molar-refractivity contribution in [1.29, 1.82) is 0 Å². The highest BCUT2D eigenvalue weighted by atomic mass is 16.2. The highest BCUT2D eigenvalue weighted by Gasteiger charge is 2.43. The number of hydrogen-bond donors (Lipinski definition) is 1. The quantitative estimate of drug-likeness (QED) is 0.752. The fourth-order valence-electron chi connectivity index (χ4n) is 3.58. The summed E-state index contributed by atoms with van der Waals surface area (Å²) >= 11 is 0. The minimum absolute atomic E-state index is 0.0960. The molecule has 3 aromatic rings. The van der Waals surface area contributed by atoms with Gasteiger partial charge in [-0.2, -0.15) is 0 Å². The number of rotatable bonds is 5. The van der Waals surface area contributed by atoms with Crippen LogP contribution >= 0.6 is 0 Å². The Hall–Kier alpha value is -2.62. The fourth-order valence-corrected chi connectivity index (χ4v) is 3.58. The predicted molar refractivity (Wildman–Crippen MR) is 103 cm³/mol. The normalized spacial score (nSPS) is 19.1. The maximum absolute atomic E-state index is 12.5. The van der Waals surface area contributed by atoms with Crippen LogP contribution in [0.4, 0.5) is 0 Å². The van der Waals surface area contributed by atoms with Crippen molar-refractivity contribution in [3.8, 4) is 0 Å². The lowest BCUT2D eigenvalue weighted by molar-refractivity contribution is -0.122. The van der Waals surface area contributed by atoms with E-state index in [-0.39, 0.29) is 11.8 Å². The van der Waals surface area contributed by atoms with E-state index in [0.29, 0.717) is 18.4 Å². The van der Waals surface area contributed by atoms with Crippen molar-refractivity contribution < 1.29 is 4.79 Å². The number of fused-ring (bicyclic) bond motifs is 1. The Bertz CT molecular complexity index is 940. The van der Waals surface area contributed by atoms with E-state index in [2.05, 4.69) is 48.4 Å². The third-order valence-electron chi connectivity index (χ3n) is 5.33. The standard InChI is InChI=1S/C22H25N3O/c1-14(2)16-6-8-17(9-7-16)19-11-20(19)22(26)23-12-18-13-25-10-4-5-15(3)21(25)24-18/h4-10,13-14,19-20H,11-12H2,1-3H3,(H,23,26)/t19-,20-/m0/s1. The van der Waals surface area contributed by atoms with Crippen molar-refractivity contribution in [2.45, 2.75) is 45.6 Å². The van der Waals surface area contributed by atoms with Gasteiger partial charge in [-0.1, -0.05) is 44.2 Å². The number of amides is 1. The van der Waals surface area contributed by atoms with Crippen molar-refractivity contribution in [3.63, 3.8) is 0 Å². The van der Waals surface area contributed by atoms with Crippen molar-refractivity contribution in [2.24, 2.45) is 5.92 Å². The van der Waals surface area contributed by atoms with Crippen LogP contribution in [0.3, 0.4) is 0 Å². The van der Waals surface area contributed by atoms with Crippen LogP contribution in [0.25, 0.3) is 5.65 Å². The maximum Gasteiger partial charge on any atom is 0.224 e. The molecule has 2 atom stereocenters. The first kappa shape index (κ1) is 16.8. The molecule has 0 spiro atoms. The number of nitrogens with zero attached hydrogens (tertiary/aromatic N) is 2. The number of benzene rings is 1. The fraction of sp³-hybridized carbons (Fsp3) is 0.364. The number of aryl methyl sites for hydroxylation is 1. The highest BCUT2D eigenvalue weighted by molar-refractivity contribution is 5.82. The number of hydrogen-bond acceptors (Lipinski definition) is 2. The lowest BCUT2D eigenvalue weighted by Crippen LogP contribution is -2.25. The first-order chi connectivity index (χ1) is 12.5. The van der Waals surface area contributed by atoms with Crippen molar-refractivity contribution in [1.82, 2.24) is 14.7 Å². The third-order valence-corrected chi connectivity index (χ3v) is 5.33. The van der Waals surface area contributed by atoms with Gasteiger partial charge in [0.1, 0.15) is 5.65 Å². The molecule has 0 saturated heterocycles. The van der Waals surface area contributed by atoms with E-state index in [1.165, 1.54) is 11.1 Å². The zero-order valence-electron chi connectivity index (χ0n) is 15.6. The van der Waals surface area contributed by atoms with Gasteiger partial charge in [-0.25, -0.2) is 4.98 Å². The third kappa shape index (κ3) is 3.24. The van der Waals surface area contributed by atoms with Gasteiger partial charge >= 0.3 is 0 Å². The molecule has 4 heteroatoms. The van der Waals surface area contributed by atoms with Gasteiger partial charge in [-0.15, -0.1) is 0 Å². The number of carbonyl (C=O) groups excluding carboxylic acids is 1. The van der Waals surface area contributed by atoms with Crippen LogP contribution in [0.5, 0.6) is 0 Å². The zero-order chi connectivity index (χ0) is 18.3. The second-order valence-corrected chi connectivity index (χ2v) is 7.64. The maximum atomic E-state index is 12.5. The largest absolute Gasteiger partial charge is 0.350 e. The van der Waals surface area contributed by atoms with Gasteiger partial charge in [0.15, 0.2) is 0 Å². The van der Waals surface area contributed by atoms with Gasteiger partial charge in [-0.3, -0.25) is 4.79 Å². The number of pyridine rings is 1. The molecule has 1 saturated carbocycles. The number of nitrogens with one attached hydrogen (secondary N) is 1. The molecule has 0 radical (unpaired) electrons. The van der Waals surface area contributed by atoms with Gasteiger partial charge in [0.05, 0.1) is 12.2 Å². The minimum atomic E-state index is 0.0960. The molecular weight excluding hydrogens is 322 g/mol. The summed E-state index contributed by atoms with van der Waals surface area (Å²) in [6.07, 6.45) is 4.91. The molecule has 1 fully saturated rings. The van der Waals surface area contributed by atoms with Crippen molar-refractivity contribution >= 4 is 11.6 Å². The highest BCUT2D eigenvalue weighted by Crippen LogP contribution is 2.47. The molecule has 1 aliphatic carbocycles. The first-order valence-electron chi connectivity index (χ1n) is 9.33. The summed E-state index contributed by atoms with van der Waals surface area (Å²) in [4.78, 5) is 17.1. The Labute approximate surface area is 154 Å². The van der Waals surface area contributed by atoms with Crippen LogP contribution in [0, 0.1) is 12.8 Å². The number of aromatic nitrogens is 2. The van der Waals surface area contributed by atoms with Crippen LogP contribution < -0.4 is 5.32 Å². The van der Waals surface area contributed by atoms with E-state index in [4.69, 9.17) is 0 Å². The molecule has 0 bridgehead atoms. The van der Waals surface area contributed by atoms with E-state index in [1.807, 2.05) is 35.9 Å². The molecule has 4 nitrogen and oxygen atoms in total. The Morgan fingerprint density at radius 2 is 2.04 bits per heavy atom. The Morgan fingerprint density at radius 1 is 1.27 bits per heavy atom. The van der Waals surface area contributed by atoms with Crippen molar-refractivity contribution in [3.05, 3.63) is 71.2 Å². The van der Waals surface area contributed by atoms with E-state index >= 15 is 0 Å². The molecule has 2 heterocycles. The lowest BCUT2D eigenvalue weighted by Gasteiger charge is -2.07. The summed E-state index contributed by atoms with van der Waals surface area (Å²) < 4.78 is 2.01. The Morgan fingerprint density at radius 3 is 2.73 bits per heavy atom. The van der Waals surface area contributed by atoms with Crippen molar-refractivity contribution in [2.75, 3.05) is 0 Å². The lowest BCUT2D eigenvalue weighted by atomic mass is 10.00. The van der Waals surface area contributed by atoms with Gasteiger partial charge in [0.2, 0.25) is 5.91 Å². The molecule has 2 aromatic heterocycles. The summed E-state index contributed by atoms with van der Waals surface area (Å²) in [6.45, 7) is 6.92. The average molecular weight is 347 g/mol. The second kappa shape index (κ2) is 6.60. The second-order valence-electron chi connectivity index (χ2n) is 7.64. The topological polar surface area (TPSA) is 46.4 Å². The van der Waals surface area contributed by atoms with E-state index in [9.17, 15) is 4.79 Å². The molecule has 0 aliphatic heterocycles. The molecule has 26 heavy (non-hydrogen) atoms.